The van der Waals surface area contributed by atoms with Crippen LogP contribution in [-0.2, 0) is 41.6 Å². The van der Waals surface area contributed by atoms with E-state index in [4.69, 9.17) is 10.5 Å². The van der Waals surface area contributed by atoms with Gasteiger partial charge in [0, 0.05) is 18.4 Å². The zero-order valence-electron chi connectivity index (χ0n) is 28.7. The lowest BCUT2D eigenvalue weighted by atomic mass is 9.81. The Balaban J connectivity index is 1.39. The standard InChI is InChI=1S/C36H49N5O7/c1-35(2,3)29(33(46)48-36(4,5)6)40-34(47)39-26(23-16-20-9-7-8-10-21(20)17-23)32(45)41-18-22-13-14-24(22)27(41)31(44)38-25(15-19-11-12-19)28(42)30(37)43/h7-10,13-14,19,22-27,29H,11-12,15-18H2,1-6H3,(H2,37,43)(H,38,44)(H2,39,40,47)/t22-,24-,25?,26-,27-,29+/m0/s1. The van der Waals surface area contributed by atoms with Crippen LogP contribution in [0.1, 0.15) is 71.9 Å². The molecule has 5 amide bonds. The second-order valence-electron chi connectivity index (χ2n) is 15.9. The van der Waals surface area contributed by atoms with Gasteiger partial charge in [-0.1, -0.05) is 70.0 Å². The molecule has 6 atom stereocenters. The number of Topliss-reactive ketones (excluding diaryl/α,β-unsaturated/α-hetero) is 1. The number of fused-ring (bicyclic) bond motifs is 2. The van der Waals surface area contributed by atoms with Crippen LogP contribution < -0.4 is 21.7 Å². The van der Waals surface area contributed by atoms with Crippen LogP contribution in [0, 0.1) is 29.1 Å². The van der Waals surface area contributed by atoms with Crippen LogP contribution >= 0.6 is 0 Å². The van der Waals surface area contributed by atoms with E-state index in [2.05, 4.69) is 16.0 Å². The lowest BCUT2D eigenvalue weighted by Crippen LogP contribution is -2.61. The van der Waals surface area contributed by atoms with Gasteiger partial charge in [-0.15, -0.1) is 0 Å². The Labute approximate surface area is 281 Å². The number of esters is 1. The normalized spacial score (nSPS) is 23.5. The number of nitrogens with two attached hydrogens (primary N) is 1. The van der Waals surface area contributed by atoms with Crippen LogP contribution in [0.25, 0.3) is 0 Å². The van der Waals surface area contributed by atoms with E-state index in [1.807, 2.05) is 57.2 Å². The topological polar surface area (TPSA) is 177 Å². The average molecular weight is 664 g/mol. The van der Waals surface area contributed by atoms with E-state index in [-0.39, 0.29) is 30.2 Å². The largest absolute Gasteiger partial charge is 0.458 e. The van der Waals surface area contributed by atoms with Gasteiger partial charge in [-0.2, -0.15) is 0 Å². The summed E-state index contributed by atoms with van der Waals surface area (Å²) in [5.41, 5.74) is 5.99. The van der Waals surface area contributed by atoms with Gasteiger partial charge in [0.25, 0.3) is 5.91 Å². The summed E-state index contributed by atoms with van der Waals surface area (Å²) in [6.07, 6.45) is 7.02. The number of amides is 5. The Morgan fingerprint density at radius 3 is 2.04 bits per heavy atom. The number of hydrogen-bond acceptors (Lipinski definition) is 7. The quantitative estimate of drug-likeness (QED) is 0.159. The summed E-state index contributed by atoms with van der Waals surface area (Å²) in [5.74, 6) is -3.94. The molecule has 48 heavy (non-hydrogen) atoms. The number of rotatable bonds is 11. The zero-order valence-corrected chi connectivity index (χ0v) is 28.7. The highest BCUT2D eigenvalue weighted by atomic mass is 16.6. The molecule has 1 aromatic rings. The van der Waals surface area contributed by atoms with Crippen molar-refractivity contribution in [3.05, 3.63) is 47.5 Å². The van der Waals surface area contributed by atoms with Crippen LogP contribution in [0.4, 0.5) is 4.79 Å². The highest BCUT2D eigenvalue weighted by molar-refractivity contribution is 6.37. The Kier molecular flexibility index (Phi) is 9.76. The second-order valence-corrected chi connectivity index (χ2v) is 15.9. The zero-order chi connectivity index (χ0) is 35.1. The summed E-state index contributed by atoms with van der Waals surface area (Å²) in [6, 6.07) is 3.13. The molecule has 12 heteroatoms. The Bertz CT molecular complexity index is 1480. The SMILES string of the molecule is CC(C)(C)OC(=O)[C@@H](NC(=O)N[C@H](C(=O)N1C[C@@H]2C=C[C@@H]2[C@H]1C(=O)NC(CC1CC1)C(=O)C(N)=O)C1Cc2ccccc2C1)C(C)(C)C. The molecule has 1 aliphatic heterocycles. The van der Waals surface area contributed by atoms with Crippen molar-refractivity contribution < 1.29 is 33.5 Å². The first-order valence-corrected chi connectivity index (χ1v) is 16.9. The van der Waals surface area contributed by atoms with Gasteiger partial charge < -0.3 is 31.3 Å². The van der Waals surface area contributed by atoms with Gasteiger partial charge in [-0.3, -0.25) is 19.2 Å². The summed E-state index contributed by atoms with van der Waals surface area (Å²) in [6.45, 7) is 11.0. The van der Waals surface area contributed by atoms with Crippen molar-refractivity contribution in [2.45, 2.75) is 103 Å². The third-order valence-corrected chi connectivity index (χ3v) is 9.77. The highest BCUT2D eigenvalue weighted by Crippen LogP contribution is 2.41. The first-order valence-electron chi connectivity index (χ1n) is 16.9. The van der Waals surface area contributed by atoms with E-state index in [0.717, 1.165) is 24.0 Å². The molecule has 260 valence electrons. The summed E-state index contributed by atoms with van der Waals surface area (Å²) in [4.78, 5) is 81.3. The maximum Gasteiger partial charge on any atom is 0.329 e. The fourth-order valence-corrected chi connectivity index (χ4v) is 7.05. The molecule has 0 radical (unpaired) electrons. The number of ether oxygens (including phenoxy) is 1. The number of carbonyl (C=O) groups excluding carboxylic acids is 6. The number of ketones is 1. The predicted octanol–water partition coefficient (Wildman–Crippen LogP) is 2.18. The van der Waals surface area contributed by atoms with E-state index in [1.54, 1.807) is 20.8 Å². The number of hydrogen-bond donors (Lipinski definition) is 4. The minimum absolute atomic E-state index is 0.0638. The molecule has 0 bridgehead atoms. The molecule has 5 N–H and O–H groups in total. The van der Waals surface area contributed by atoms with Crippen LogP contribution in [0.2, 0.25) is 0 Å². The molecule has 0 spiro atoms. The molecular formula is C36H49N5O7. The molecule has 1 unspecified atom stereocenters. The van der Waals surface area contributed by atoms with E-state index >= 15 is 0 Å². The molecule has 4 aliphatic rings. The van der Waals surface area contributed by atoms with Gasteiger partial charge in [0.05, 0.1) is 6.04 Å². The molecule has 3 aliphatic carbocycles. The summed E-state index contributed by atoms with van der Waals surface area (Å²) in [7, 11) is 0. The minimum Gasteiger partial charge on any atom is -0.458 e. The van der Waals surface area contributed by atoms with Crippen LogP contribution in [0.3, 0.4) is 0 Å². The smallest absolute Gasteiger partial charge is 0.329 e. The third-order valence-electron chi connectivity index (χ3n) is 9.77. The summed E-state index contributed by atoms with van der Waals surface area (Å²) >= 11 is 0. The molecule has 1 heterocycles. The van der Waals surface area contributed by atoms with Crippen molar-refractivity contribution in [3.8, 4) is 0 Å². The Hall–Kier alpha value is -4.22. The van der Waals surface area contributed by atoms with Crippen LogP contribution in [0.15, 0.2) is 36.4 Å². The number of nitrogens with one attached hydrogen (secondary N) is 3. The number of benzene rings is 1. The number of urea groups is 1. The molecule has 0 aromatic heterocycles. The molecular weight excluding hydrogens is 614 g/mol. The van der Waals surface area contributed by atoms with Crippen molar-refractivity contribution >= 4 is 35.5 Å². The molecule has 1 saturated heterocycles. The number of carbonyl (C=O) groups is 6. The van der Waals surface area contributed by atoms with Crippen molar-refractivity contribution in [1.29, 1.82) is 0 Å². The lowest BCUT2D eigenvalue weighted by molar-refractivity contribution is -0.160. The van der Waals surface area contributed by atoms with Gasteiger partial charge in [-0.05, 0) is 68.4 Å². The van der Waals surface area contributed by atoms with Gasteiger partial charge in [0.1, 0.15) is 23.7 Å². The minimum atomic E-state index is -1.11. The molecule has 1 aromatic carbocycles. The second kappa shape index (κ2) is 13.4. The van der Waals surface area contributed by atoms with E-state index in [1.165, 1.54) is 4.90 Å². The van der Waals surface area contributed by atoms with Gasteiger partial charge in [-0.25, -0.2) is 9.59 Å². The molecule has 12 nitrogen and oxygen atoms in total. The fourth-order valence-electron chi connectivity index (χ4n) is 7.05. The molecule has 5 rings (SSSR count). The maximum atomic E-state index is 14.6. The van der Waals surface area contributed by atoms with Crippen molar-refractivity contribution in [2.75, 3.05) is 6.54 Å². The average Bonchev–Trinajstić information content (AvgIpc) is 3.62. The van der Waals surface area contributed by atoms with Gasteiger partial charge in [0.2, 0.25) is 17.6 Å². The van der Waals surface area contributed by atoms with Crippen molar-refractivity contribution in [1.82, 2.24) is 20.9 Å². The lowest BCUT2D eigenvalue weighted by Gasteiger charge is -2.35. The van der Waals surface area contributed by atoms with Crippen LogP contribution in [-0.4, -0.2) is 76.7 Å². The Morgan fingerprint density at radius 1 is 0.917 bits per heavy atom. The number of likely N-dealkylation sites (tertiary alicyclic amines) is 1. The number of nitrogens with zero attached hydrogens (tertiary/aromatic N) is 1. The summed E-state index contributed by atoms with van der Waals surface area (Å²) < 4.78 is 5.60. The van der Waals surface area contributed by atoms with Crippen molar-refractivity contribution in [3.63, 3.8) is 0 Å². The van der Waals surface area contributed by atoms with Gasteiger partial charge >= 0.3 is 12.0 Å². The van der Waals surface area contributed by atoms with E-state index in [9.17, 15) is 28.8 Å². The fraction of sp³-hybridized carbons (Fsp3) is 0.611. The highest BCUT2D eigenvalue weighted by Gasteiger charge is 2.52. The Morgan fingerprint density at radius 2 is 1.54 bits per heavy atom. The molecule has 2 fully saturated rings. The summed E-state index contributed by atoms with van der Waals surface area (Å²) in [5, 5.41) is 8.41. The first kappa shape index (κ1) is 35.1. The number of primary amides is 1. The van der Waals surface area contributed by atoms with E-state index in [0.29, 0.717) is 19.3 Å². The monoisotopic (exact) mass is 663 g/mol. The van der Waals surface area contributed by atoms with Crippen molar-refractivity contribution in [2.24, 2.45) is 34.8 Å². The first-order chi connectivity index (χ1) is 22.4. The maximum absolute atomic E-state index is 14.6. The third kappa shape index (κ3) is 7.90. The van der Waals surface area contributed by atoms with E-state index < -0.39 is 70.7 Å². The molecule has 1 saturated carbocycles. The van der Waals surface area contributed by atoms with Gasteiger partial charge in [0.15, 0.2) is 0 Å². The van der Waals surface area contributed by atoms with Crippen LogP contribution in [0.5, 0.6) is 0 Å². The predicted molar refractivity (Wildman–Crippen MR) is 177 cm³/mol.